The molecule has 21 heavy (non-hydrogen) atoms. The second-order valence-corrected chi connectivity index (χ2v) is 6.24. The summed E-state index contributed by atoms with van der Waals surface area (Å²) in [6, 6.07) is 13.5. The topological polar surface area (TPSA) is 19.6 Å². The van der Waals surface area contributed by atoms with E-state index in [4.69, 9.17) is 4.42 Å². The van der Waals surface area contributed by atoms with Gasteiger partial charge in [0.25, 0.3) is 0 Å². The summed E-state index contributed by atoms with van der Waals surface area (Å²) >= 11 is 0. The first-order chi connectivity index (χ1) is 10.4. The van der Waals surface area contributed by atoms with Gasteiger partial charge in [-0.15, -0.1) is 0 Å². The third-order valence-corrected chi connectivity index (χ3v) is 4.81. The number of hydrogen-bond donors (Lipinski definition) is 0. The number of fused-ring (bicyclic) bond motifs is 1. The highest BCUT2D eigenvalue weighted by atomic mass is 16.3. The Morgan fingerprint density at radius 3 is 3.00 bits per heavy atom. The summed E-state index contributed by atoms with van der Waals surface area (Å²) in [5.41, 5.74) is 2.56. The molecule has 2 aliphatic heterocycles. The van der Waals surface area contributed by atoms with Gasteiger partial charge in [0.2, 0.25) is 0 Å². The highest BCUT2D eigenvalue weighted by Crippen LogP contribution is 2.24. The monoisotopic (exact) mass is 282 g/mol. The smallest absolute Gasteiger partial charge is 0.133 e. The van der Waals surface area contributed by atoms with E-state index in [0.29, 0.717) is 0 Å². The highest BCUT2D eigenvalue weighted by molar-refractivity contribution is 5.58. The van der Waals surface area contributed by atoms with E-state index in [1.54, 1.807) is 6.26 Å². The molecule has 0 radical (unpaired) electrons. The maximum atomic E-state index is 5.50. The summed E-state index contributed by atoms with van der Waals surface area (Å²) in [5.74, 6) is 0.956. The fourth-order valence-electron chi connectivity index (χ4n) is 3.72. The van der Waals surface area contributed by atoms with Gasteiger partial charge in [-0.1, -0.05) is 18.2 Å². The van der Waals surface area contributed by atoms with Crippen molar-refractivity contribution in [3.05, 3.63) is 48.2 Å². The van der Waals surface area contributed by atoms with Crippen LogP contribution in [0.3, 0.4) is 0 Å². The zero-order valence-corrected chi connectivity index (χ0v) is 12.4. The number of piperazine rings is 1. The van der Waals surface area contributed by atoms with Crippen LogP contribution in [-0.4, -0.2) is 42.0 Å². The Morgan fingerprint density at radius 1 is 1.10 bits per heavy atom. The van der Waals surface area contributed by atoms with Crippen LogP contribution in [0.15, 0.2) is 47.1 Å². The van der Waals surface area contributed by atoms with Crippen LogP contribution in [0.1, 0.15) is 18.4 Å². The average molecular weight is 282 g/mol. The molecule has 0 amide bonds. The van der Waals surface area contributed by atoms with Gasteiger partial charge in [-0.05, 0) is 43.1 Å². The summed E-state index contributed by atoms with van der Waals surface area (Å²) in [5, 5.41) is 0. The van der Waals surface area contributed by atoms with Crippen molar-refractivity contribution in [3.8, 4) is 11.3 Å². The lowest BCUT2D eigenvalue weighted by Crippen LogP contribution is -2.49. The molecule has 2 saturated heterocycles. The van der Waals surface area contributed by atoms with Gasteiger partial charge in [0.15, 0.2) is 0 Å². The summed E-state index contributed by atoms with van der Waals surface area (Å²) in [6.45, 7) is 6.03. The second kappa shape index (κ2) is 5.66. The van der Waals surface area contributed by atoms with Crippen LogP contribution in [0, 0.1) is 0 Å². The zero-order valence-electron chi connectivity index (χ0n) is 12.4. The Kier molecular flexibility index (Phi) is 3.53. The first kappa shape index (κ1) is 13.1. The molecule has 4 rings (SSSR count). The van der Waals surface area contributed by atoms with Crippen molar-refractivity contribution in [2.45, 2.75) is 25.4 Å². The lowest BCUT2D eigenvalue weighted by Gasteiger charge is -2.37. The molecule has 0 aliphatic carbocycles. The normalized spacial score (nSPS) is 23.3. The Hall–Kier alpha value is -1.58. The fourth-order valence-corrected chi connectivity index (χ4v) is 3.72. The molecule has 2 aliphatic rings. The number of nitrogens with zero attached hydrogens (tertiary/aromatic N) is 2. The summed E-state index contributed by atoms with van der Waals surface area (Å²) < 4.78 is 5.50. The molecule has 0 spiro atoms. The van der Waals surface area contributed by atoms with E-state index < -0.39 is 0 Å². The molecule has 0 saturated carbocycles. The molecular formula is C18H22N2O. The quantitative estimate of drug-likeness (QED) is 0.862. The summed E-state index contributed by atoms with van der Waals surface area (Å²) in [6.07, 6.45) is 4.50. The largest absolute Gasteiger partial charge is 0.464 e. The molecule has 0 bridgehead atoms. The molecule has 2 aromatic rings. The van der Waals surface area contributed by atoms with Crippen LogP contribution in [-0.2, 0) is 6.54 Å². The number of benzene rings is 1. The standard InChI is InChI=1S/C18H22N2O/c1-4-15(12-16(5-1)18-7-3-11-21-18)13-19-9-10-20-8-2-6-17(20)14-19/h1,3-5,7,11-12,17H,2,6,8-10,13-14H2. The maximum absolute atomic E-state index is 5.50. The summed E-state index contributed by atoms with van der Waals surface area (Å²) in [7, 11) is 0. The van der Waals surface area contributed by atoms with Gasteiger partial charge in [0.1, 0.15) is 5.76 Å². The van der Waals surface area contributed by atoms with Crippen molar-refractivity contribution in [2.75, 3.05) is 26.2 Å². The maximum Gasteiger partial charge on any atom is 0.133 e. The molecule has 1 aromatic heterocycles. The Morgan fingerprint density at radius 2 is 2.10 bits per heavy atom. The minimum Gasteiger partial charge on any atom is -0.464 e. The van der Waals surface area contributed by atoms with Crippen molar-refractivity contribution in [2.24, 2.45) is 0 Å². The minimum atomic E-state index is 0.798. The molecule has 3 heterocycles. The zero-order chi connectivity index (χ0) is 14.1. The molecule has 3 nitrogen and oxygen atoms in total. The minimum absolute atomic E-state index is 0.798. The van der Waals surface area contributed by atoms with Crippen molar-refractivity contribution in [1.82, 2.24) is 9.80 Å². The van der Waals surface area contributed by atoms with Gasteiger partial charge in [-0.25, -0.2) is 0 Å². The Labute approximate surface area is 126 Å². The van der Waals surface area contributed by atoms with E-state index >= 15 is 0 Å². The predicted molar refractivity (Wildman–Crippen MR) is 84.0 cm³/mol. The fraction of sp³-hybridized carbons (Fsp3) is 0.444. The van der Waals surface area contributed by atoms with Gasteiger partial charge in [0.05, 0.1) is 6.26 Å². The van der Waals surface area contributed by atoms with Crippen molar-refractivity contribution in [3.63, 3.8) is 0 Å². The predicted octanol–water partition coefficient (Wildman–Crippen LogP) is 3.23. The van der Waals surface area contributed by atoms with Gasteiger partial charge in [-0.2, -0.15) is 0 Å². The molecular weight excluding hydrogens is 260 g/mol. The molecule has 1 aromatic carbocycles. The van der Waals surface area contributed by atoms with Crippen molar-refractivity contribution >= 4 is 0 Å². The van der Waals surface area contributed by atoms with Crippen LogP contribution in [0.4, 0.5) is 0 Å². The molecule has 1 unspecified atom stereocenters. The second-order valence-electron chi connectivity index (χ2n) is 6.24. The van der Waals surface area contributed by atoms with Crippen molar-refractivity contribution in [1.29, 1.82) is 0 Å². The van der Waals surface area contributed by atoms with Gasteiger partial charge < -0.3 is 4.42 Å². The van der Waals surface area contributed by atoms with Gasteiger partial charge in [-0.3, -0.25) is 9.80 Å². The highest BCUT2D eigenvalue weighted by Gasteiger charge is 2.30. The van der Waals surface area contributed by atoms with Gasteiger partial charge >= 0.3 is 0 Å². The van der Waals surface area contributed by atoms with Crippen LogP contribution in [0.25, 0.3) is 11.3 Å². The van der Waals surface area contributed by atoms with E-state index in [0.717, 1.165) is 18.3 Å². The van der Waals surface area contributed by atoms with Crippen LogP contribution in [0.5, 0.6) is 0 Å². The third-order valence-electron chi connectivity index (χ3n) is 4.81. The van der Waals surface area contributed by atoms with E-state index in [-0.39, 0.29) is 0 Å². The molecule has 1 atom stereocenters. The first-order valence-electron chi connectivity index (χ1n) is 7.98. The number of rotatable bonds is 3. The van der Waals surface area contributed by atoms with Gasteiger partial charge in [0, 0.05) is 37.8 Å². The lowest BCUT2D eigenvalue weighted by atomic mass is 10.1. The molecule has 2 fully saturated rings. The van der Waals surface area contributed by atoms with E-state index in [2.05, 4.69) is 34.1 Å². The summed E-state index contributed by atoms with van der Waals surface area (Å²) in [4.78, 5) is 5.27. The van der Waals surface area contributed by atoms with Crippen LogP contribution < -0.4 is 0 Å². The van der Waals surface area contributed by atoms with Crippen LogP contribution in [0.2, 0.25) is 0 Å². The van der Waals surface area contributed by atoms with Crippen LogP contribution >= 0.6 is 0 Å². The SMILES string of the molecule is c1cc(CN2CCN3CCCC3C2)cc(-c2ccco2)c1. The molecule has 3 heteroatoms. The van der Waals surface area contributed by atoms with E-state index in [9.17, 15) is 0 Å². The van der Waals surface area contributed by atoms with E-state index in [1.807, 2.05) is 12.1 Å². The Bertz CT molecular complexity index is 593. The van der Waals surface area contributed by atoms with E-state index in [1.165, 1.54) is 50.1 Å². The number of furan rings is 1. The lowest BCUT2D eigenvalue weighted by molar-refractivity contribution is 0.0994. The molecule has 110 valence electrons. The Balaban J connectivity index is 1.46. The van der Waals surface area contributed by atoms with Crippen molar-refractivity contribution < 1.29 is 4.42 Å². The number of hydrogen-bond acceptors (Lipinski definition) is 3. The molecule has 0 N–H and O–H groups in total. The third kappa shape index (κ3) is 2.76. The average Bonchev–Trinajstić information content (AvgIpc) is 3.18. The first-order valence-corrected chi connectivity index (χ1v) is 7.98.